The summed E-state index contributed by atoms with van der Waals surface area (Å²) in [6.45, 7) is 3.68. The standard InChI is InChI=1S/C15H14BrN3O4S/c1-2-3-23-18-12(20)6-9-7-24-11-5-8(16)4-10-13(11)19(9)15(22)14(21)17-10/h2,4-5,9H,1,3,6-7H2,(H,17,21)(H,18,20). The number of hydrogen-bond acceptors (Lipinski definition) is 5. The Morgan fingerprint density at radius 1 is 1.54 bits per heavy atom. The fourth-order valence-electron chi connectivity index (χ4n) is 2.61. The second-order valence-electron chi connectivity index (χ2n) is 5.22. The minimum absolute atomic E-state index is 0.0398. The van der Waals surface area contributed by atoms with E-state index in [4.69, 9.17) is 4.84 Å². The average Bonchev–Trinajstić information content (AvgIpc) is 2.53. The number of nitrogens with one attached hydrogen (secondary N) is 2. The van der Waals surface area contributed by atoms with Crippen LogP contribution < -0.4 is 16.6 Å². The van der Waals surface area contributed by atoms with Gasteiger partial charge in [-0.1, -0.05) is 22.0 Å². The first-order valence-corrected chi connectivity index (χ1v) is 8.91. The molecule has 2 heterocycles. The second-order valence-corrected chi connectivity index (χ2v) is 7.20. The number of thioether (sulfide) groups is 1. The molecular weight excluding hydrogens is 398 g/mol. The maximum Gasteiger partial charge on any atom is 0.317 e. The van der Waals surface area contributed by atoms with Crippen LogP contribution in [0, 0.1) is 0 Å². The minimum atomic E-state index is -0.702. The van der Waals surface area contributed by atoms with Gasteiger partial charge >= 0.3 is 11.1 Å². The van der Waals surface area contributed by atoms with E-state index in [2.05, 4.69) is 33.0 Å². The number of benzene rings is 1. The van der Waals surface area contributed by atoms with Crippen LogP contribution in [-0.2, 0) is 9.63 Å². The van der Waals surface area contributed by atoms with Gasteiger partial charge in [-0.2, -0.15) is 0 Å². The highest BCUT2D eigenvalue weighted by atomic mass is 79.9. The molecule has 1 aliphatic rings. The number of H-pyrrole nitrogens is 1. The number of carbonyl (C=O) groups excluding carboxylic acids is 1. The third kappa shape index (κ3) is 3.19. The van der Waals surface area contributed by atoms with Gasteiger partial charge in [-0.15, -0.1) is 18.3 Å². The fraction of sp³-hybridized carbons (Fsp3) is 0.267. The van der Waals surface area contributed by atoms with Crippen molar-refractivity contribution in [3.63, 3.8) is 0 Å². The van der Waals surface area contributed by atoms with E-state index in [0.717, 1.165) is 9.37 Å². The molecule has 0 bridgehead atoms. The molecule has 0 fully saturated rings. The van der Waals surface area contributed by atoms with Crippen molar-refractivity contribution in [2.24, 2.45) is 0 Å². The van der Waals surface area contributed by atoms with Crippen LogP contribution in [-0.4, -0.2) is 27.8 Å². The molecule has 1 unspecified atom stereocenters. The van der Waals surface area contributed by atoms with Crippen LogP contribution in [0.5, 0.6) is 0 Å². The number of carbonyl (C=O) groups is 1. The summed E-state index contributed by atoms with van der Waals surface area (Å²) in [6, 6.07) is 3.21. The van der Waals surface area contributed by atoms with E-state index in [-0.39, 0.29) is 18.9 Å². The Hall–Kier alpha value is -1.84. The summed E-state index contributed by atoms with van der Waals surface area (Å²) < 4.78 is 2.23. The number of halogens is 1. The lowest BCUT2D eigenvalue weighted by Gasteiger charge is -2.26. The first-order chi connectivity index (χ1) is 11.5. The topological polar surface area (TPSA) is 93.2 Å². The first-order valence-electron chi connectivity index (χ1n) is 7.13. The number of nitrogens with zero attached hydrogens (tertiary/aromatic N) is 1. The van der Waals surface area contributed by atoms with Crippen molar-refractivity contribution in [3.8, 4) is 0 Å². The zero-order chi connectivity index (χ0) is 17.3. The van der Waals surface area contributed by atoms with E-state index in [0.29, 0.717) is 16.8 Å². The van der Waals surface area contributed by atoms with Crippen LogP contribution in [0.2, 0.25) is 0 Å². The van der Waals surface area contributed by atoms with Gasteiger partial charge in [0.05, 0.1) is 30.1 Å². The van der Waals surface area contributed by atoms with Crippen LogP contribution in [0.1, 0.15) is 12.5 Å². The molecule has 0 spiro atoms. The van der Waals surface area contributed by atoms with E-state index < -0.39 is 17.2 Å². The summed E-state index contributed by atoms with van der Waals surface area (Å²) in [6.07, 6.45) is 1.55. The fourth-order valence-corrected chi connectivity index (χ4v) is 4.41. The number of hydroxylamine groups is 1. The van der Waals surface area contributed by atoms with E-state index in [1.54, 1.807) is 6.07 Å². The number of hydrogen-bond donors (Lipinski definition) is 2. The molecule has 1 aromatic heterocycles. The normalized spacial score (nSPS) is 16.1. The van der Waals surface area contributed by atoms with E-state index in [1.165, 1.54) is 22.4 Å². The summed E-state index contributed by atoms with van der Waals surface area (Å²) in [5.41, 5.74) is 2.15. The predicted octanol–water partition coefficient (Wildman–Crippen LogP) is 1.72. The van der Waals surface area contributed by atoms with E-state index in [9.17, 15) is 14.4 Å². The van der Waals surface area contributed by atoms with Gasteiger partial charge in [-0.3, -0.25) is 23.8 Å². The molecular formula is C15H14BrN3O4S. The molecule has 3 rings (SSSR count). The Morgan fingerprint density at radius 2 is 2.33 bits per heavy atom. The van der Waals surface area contributed by atoms with E-state index >= 15 is 0 Å². The summed E-state index contributed by atoms with van der Waals surface area (Å²) in [7, 11) is 0. The van der Waals surface area contributed by atoms with Gasteiger partial charge in [0.25, 0.3) is 0 Å². The molecule has 1 aromatic carbocycles. The summed E-state index contributed by atoms with van der Waals surface area (Å²) in [5, 5.41) is 0. The number of rotatable bonds is 5. The third-order valence-corrected chi connectivity index (χ3v) is 5.18. The Morgan fingerprint density at radius 3 is 3.08 bits per heavy atom. The Bertz CT molecular complexity index is 937. The minimum Gasteiger partial charge on any atom is -0.316 e. The molecule has 2 aromatic rings. The Balaban J connectivity index is 2.01. The molecule has 126 valence electrons. The number of amides is 1. The molecule has 0 saturated carbocycles. The molecule has 7 nitrogen and oxygen atoms in total. The molecule has 24 heavy (non-hydrogen) atoms. The largest absolute Gasteiger partial charge is 0.317 e. The third-order valence-electron chi connectivity index (χ3n) is 3.55. The predicted molar refractivity (Wildman–Crippen MR) is 95.2 cm³/mol. The smallest absolute Gasteiger partial charge is 0.316 e. The zero-order valence-corrected chi connectivity index (χ0v) is 14.9. The van der Waals surface area contributed by atoms with Crippen LogP contribution in [0.15, 0.2) is 43.7 Å². The van der Waals surface area contributed by atoms with Crippen LogP contribution in [0.25, 0.3) is 11.0 Å². The first kappa shape index (κ1) is 17.0. The van der Waals surface area contributed by atoms with Gasteiger partial charge in [-0.05, 0) is 12.1 Å². The average molecular weight is 412 g/mol. The van der Waals surface area contributed by atoms with Gasteiger partial charge in [-0.25, -0.2) is 5.48 Å². The summed E-state index contributed by atoms with van der Waals surface area (Å²) in [5.74, 6) is 0.153. The molecule has 0 saturated heterocycles. The summed E-state index contributed by atoms with van der Waals surface area (Å²) >= 11 is 4.93. The zero-order valence-electron chi connectivity index (χ0n) is 12.5. The maximum atomic E-state index is 12.4. The molecule has 1 amide bonds. The van der Waals surface area contributed by atoms with Crippen LogP contribution in [0.4, 0.5) is 0 Å². The lowest BCUT2D eigenvalue weighted by atomic mass is 10.2. The SMILES string of the molecule is C=CCONC(=O)CC1CSc2cc(Br)cc3[nH]c(=O)c(=O)n1c23. The molecule has 0 radical (unpaired) electrons. The molecule has 0 aliphatic carbocycles. The van der Waals surface area contributed by atoms with Gasteiger partial charge in [0.1, 0.15) is 0 Å². The monoisotopic (exact) mass is 411 g/mol. The lowest BCUT2D eigenvalue weighted by Crippen LogP contribution is -2.41. The van der Waals surface area contributed by atoms with Crippen molar-refractivity contribution < 1.29 is 9.63 Å². The van der Waals surface area contributed by atoms with Gasteiger partial charge in [0.15, 0.2) is 0 Å². The van der Waals surface area contributed by atoms with Crippen molar-refractivity contribution in [1.82, 2.24) is 15.0 Å². The van der Waals surface area contributed by atoms with Crippen LogP contribution >= 0.6 is 27.7 Å². The maximum absolute atomic E-state index is 12.4. The molecule has 2 N–H and O–H groups in total. The van der Waals surface area contributed by atoms with Crippen molar-refractivity contribution in [2.75, 3.05) is 12.4 Å². The number of aromatic amines is 1. The van der Waals surface area contributed by atoms with E-state index in [1.807, 2.05) is 6.07 Å². The van der Waals surface area contributed by atoms with Crippen molar-refractivity contribution in [3.05, 3.63) is 50.0 Å². The highest BCUT2D eigenvalue weighted by Crippen LogP contribution is 2.37. The summed E-state index contributed by atoms with van der Waals surface area (Å²) in [4.78, 5) is 44.7. The van der Waals surface area contributed by atoms with Crippen molar-refractivity contribution in [1.29, 1.82) is 0 Å². The van der Waals surface area contributed by atoms with Crippen molar-refractivity contribution in [2.45, 2.75) is 17.4 Å². The van der Waals surface area contributed by atoms with Crippen molar-refractivity contribution >= 4 is 44.6 Å². The molecule has 9 heteroatoms. The molecule has 1 aliphatic heterocycles. The highest BCUT2D eigenvalue weighted by molar-refractivity contribution is 9.10. The van der Waals surface area contributed by atoms with Crippen LogP contribution in [0.3, 0.4) is 0 Å². The van der Waals surface area contributed by atoms with Gasteiger partial charge in [0, 0.05) is 15.1 Å². The Labute approximate surface area is 149 Å². The lowest BCUT2D eigenvalue weighted by molar-refractivity contribution is -0.133. The number of aromatic nitrogens is 2. The quantitative estimate of drug-likeness (QED) is 0.338. The van der Waals surface area contributed by atoms with Gasteiger partial charge < -0.3 is 4.98 Å². The molecule has 1 atom stereocenters. The Kier molecular flexibility index (Phi) is 4.93. The second kappa shape index (κ2) is 6.96. The highest BCUT2D eigenvalue weighted by Gasteiger charge is 2.27. The van der Waals surface area contributed by atoms with Gasteiger partial charge in [0.2, 0.25) is 5.91 Å².